The van der Waals surface area contributed by atoms with E-state index in [9.17, 15) is 4.79 Å². The quantitative estimate of drug-likeness (QED) is 0.744. The van der Waals surface area contributed by atoms with Crippen molar-refractivity contribution in [2.75, 3.05) is 0 Å². The second-order valence-electron chi connectivity index (χ2n) is 6.18. The Morgan fingerprint density at radius 2 is 1.87 bits per heavy atom. The fraction of sp³-hybridized carbons (Fsp3) is 0.316. The lowest BCUT2D eigenvalue weighted by atomic mass is 10.1. The van der Waals surface area contributed by atoms with Gasteiger partial charge in [-0.2, -0.15) is 0 Å². The van der Waals surface area contributed by atoms with E-state index in [1.165, 1.54) is 0 Å². The first-order valence-electron chi connectivity index (χ1n) is 7.86. The number of fused-ring (bicyclic) bond motifs is 1. The Hall–Kier alpha value is -2.49. The molecule has 0 saturated carbocycles. The molecule has 0 aliphatic heterocycles. The summed E-state index contributed by atoms with van der Waals surface area (Å²) in [6, 6.07) is 7.84. The van der Waals surface area contributed by atoms with Crippen LogP contribution in [-0.4, -0.2) is 14.5 Å². The molecule has 4 nitrogen and oxygen atoms in total. The maximum absolute atomic E-state index is 12.8. The summed E-state index contributed by atoms with van der Waals surface area (Å²) in [6.07, 6.45) is 4.17. The first kappa shape index (κ1) is 15.4. The number of pyridine rings is 1. The van der Waals surface area contributed by atoms with Crippen LogP contribution in [0.2, 0.25) is 0 Å². The summed E-state index contributed by atoms with van der Waals surface area (Å²) in [7, 11) is 0. The van der Waals surface area contributed by atoms with Gasteiger partial charge in [0.25, 0.3) is 5.56 Å². The van der Waals surface area contributed by atoms with Crippen molar-refractivity contribution in [1.82, 2.24) is 14.5 Å². The van der Waals surface area contributed by atoms with E-state index >= 15 is 0 Å². The highest BCUT2D eigenvalue weighted by Gasteiger charge is 2.14. The summed E-state index contributed by atoms with van der Waals surface area (Å²) < 4.78 is 1.71. The van der Waals surface area contributed by atoms with E-state index in [2.05, 4.69) is 9.97 Å². The molecule has 0 aliphatic carbocycles. The Kier molecular flexibility index (Phi) is 3.99. The monoisotopic (exact) mass is 307 g/mol. The number of hydrogen-bond acceptors (Lipinski definition) is 3. The summed E-state index contributed by atoms with van der Waals surface area (Å²) in [5, 5.41) is 0.681. The van der Waals surface area contributed by atoms with Crippen molar-refractivity contribution in [2.24, 2.45) is 0 Å². The van der Waals surface area contributed by atoms with Crippen LogP contribution in [0.5, 0.6) is 0 Å². The molecule has 118 valence electrons. The predicted octanol–water partition coefficient (Wildman–Crippen LogP) is 3.52. The molecular weight excluding hydrogens is 286 g/mol. The van der Waals surface area contributed by atoms with Crippen LogP contribution >= 0.6 is 0 Å². The smallest absolute Gasteiger partial charge is 0.261 e. The summed E-state index contributed by atoms with van der Waals surface area (Å²) >= 11 is 0. The average Bonchev–Trinajstić information content (AvgIpc) is 2.53. The maximum Gasteiger partial charge on any atom is 0.261 e. The van der Waals surface area contributed by atoms with Crippen LogP contribution in [0.4, 0.5) is 0 Å². The van der Waals surface area contributed by atoms with Gasteiger partial charge in [-0.1, -0.05) is 12.1 Å². The zero-order chi connectivity index (χ0) is 16.6. The van der Waals surface area contributed by atoms with E-state index in [-0.39, 0.29) is 11.6 Å². The fourth-order valence-electron chi connectivity index (χ4n) is 2.88. The number of hydrogen-bond donors (Lipinski definition) is 0. The van der Waals surface area contributed by atoms with Crippen molar-refractivity contribution in [3.8, 4) is 0 Å². The van der Waals surface area contributed by atoms with Crippen molar-refractivity contribution in [1.29, 1.82) is 0 Å². The van der Waals surface area contributed by atoms with Gasteiger partial charge in [0.1, 0.15) is 0 Å². The average molecular weight is 307 g/mol. The molecule has 3 aromatic rings. The van der Waals surface area contributed by atoms with Gasteiger partial charge < -0.3 is 0 Å². The van der Waals surface area contributed by atoms with E-state index in [0.29, 0.717) is 11.8 Å². The van der Waals surface area contributed by atoms with Gasteiger partial charge in [-0.3, -0.25) is 14.3 Å². The predicted molar refractivity (Wildman–Crippen MR) is 92.9 cm³/mol. The third-order valence-electron chi connectivity index (χ3n) is 4.56. The van der Waals surface area contributed by atoms with E-state index in [1.807, 2.05) is 52.0 Å². The van der Waals surface area contributed by atoms with E-state index in [1.54, 1.807) is 17.1 Å². The molecule has 23 heavy (non-hydrogen) atoms. The summed E-state index contributed by atoms with van der Waals surface area (Å²) in [4.78, 5) is 21.8. The SMILES string of the molecule is Cc1cccnc1C[C@H](C)n1cnc2c(C)c(C)ccc2c1=O. The number of aryl methyl sites for hydroxylation is 3. The largest absolute Gasteiger partial charge is 0.295 e. The van der Waals surface area contributed by atoms with Crippen LogP contribution in [0.1, 0.15) is 35.3 Å². The molecule has 0 bridgehead atoms. The van der Waals surface area contributed by atoms with Crippen LogP contribution in [0.15, 0.2) is 41.6 Å². The number of nitrogens with zero attached hydrogens (tertiary/aromatic N) is 3. The minimum absolute atomic E-state index is 0.00890. The zero-order valence-electron chi connectivity index (χ0n) is 14.0. The first-order valence-corrected chi connectivity index (χ1v) is 7.86. The third-order valence-corrected chi connectivity index (χ3v) is 4.56. The Bertz CT molecular complexity index is 928. The molecule has 2 aromatic heterocycles. The molecule has 0 saturated heterocycles. The highest BCUT2D eigenvalue weighted by atomic mass is 16.1. The summed E-state index contributed by atoms with van der Waals surface area (Å²) in [5.41, 5.74) is 5.20. The van der Waals surface area contributed by atoms with Gasteiger partial charge in [0, 0.05) is 24.4 Å². The molecule has 0 unspecified atom stereocenters. The standard InChI is InChI=1S/C19H21N3O/c1-12-7-8-16-18(15(12)4)21-11-22(19(16)23)14(3)10-17-13(2)6-5-9-20-17/h5-9,11,14H,10H2,1-4H3/t14-/m0/s1. The van der Waals surface area contributed by atoms with Gasteiger partial charge in [-0.15, -0.1) is 0 Å². The molecule has 1 atom stereocenters. The highest BCUT2D eigenvalue weighted by Crippen LogP contribution is 2.18. The second-order valence-corrected chi connectivity index (χ2v) is 6.18. The number of rotatable bonds is 3. The Morgan fingerprint density at radius 1 is 1.09 bits per heavy atom. The molecule has 0 amide bonds. The van der Waals surface area contributed by atoms with Crippen LogP contribution in [0.25, 0.3) is 10.9 Å². The van der Waals surface area contributed by atoms with Gasteiger partial charge in [-0.25, -0.2) is 4.98 Å². The molecule has 0 radical (unpaired) electrons. The lowest BCUT2D eigenvalue weighted by Gasteiger charge is -2.16. The molecule has 0 fully saturated rings. The van der Waals surface area contributed by atoms with Crippen LogP contribution in [0, 0.1) is 20.8 Å². The third kappa shape index (κ3) is 2.77. The van der Waals surface area contributed by atoms with Crippen molar-refractivity contribution in [2.45, 2.75) is 40.2 Å². The van der Waals surface area contributed by atoms with Crippen molar-refractivity contribution in [3.63, 3.8) is 0 Å². The van der Waals surface area contributed by atoms with Gasteiger partial charge in [0.2, 0.25) is 0 Å². The molecule has 4 heteroatoms. The van der Waals surface area contributed by atoms with Crippen molar-refractivity contribution >= 4 is 10.9 Å². The first-order chi connectivity index (χ1) is 11.0. The van der Waals surface area contributed by atoms with Crippen LogP contribution < -0.4 is 5.56 Å². The molecule has 0 spiro atoms. The van der Waals surface area contributed by atoms with Gasteiger partial charge >= 0.3 is 0 Å². The van der Waals surface area contributed by atoms with Gasteiger partial charge in [-0.05, 0) is 56.5 Å². The molecule has 0 aliphatic rings. The summed E-state index contributed by atoms with van der Waals surface area (Å²) in [5.74, 6) is 0. The van der Waals surface area contributed by atoms with Crippen LogP contribution in [-0.2, 0) is 6.42 Å². The minimum Gasteiger partial charge on any atom is -0.295 e. The lowest BCUT2D eigenvalue weighted by molar-refractivity contribution is 0.516. The lowest BCUT2D eigenvalue weighted by Crippen LogP contribution is -2.25. The van der Waals surface area contributed by atoms with E-state index < -0.39 is 0 Å². The van der Waals surface area contributed by atoms with Crippen molar-refractivity contribution < 1.29 is 0 Å². The van der Waals surface area contributed by atoms with Gasteiger partial charge in [0.05, 0.1) is 17.2 Å². The number of benzene rings is 1. The van der Waals surface area contributed by atoms with E-state index in [0.717, 1.165) is 27.9 Å². The highest BCUT2D eigenvalue weighted by molar-refractivity contribution is 5.81. The molecule has 1 aromatic carbocycles. The molecule has 3 rings (SSSR count). The normalized spacial score (nSPS) is 12.5. The zero-order valence-corrected chi connectivity index (χ0v) is 14.0. The van der Waals surface area contributed by atoms with Crippen molar-refractivity contribution in [3.05, 3.63) is 69.5 Å². The molecular formula is C19H21N3O. The summed E-state index contributed by atoms with van der Waals surface area (Å²) in [6.45, 7) is 8.12. The maximum atomic E-state index is 12.8. The second kappa shape index (κ2) is 5.95. The fourth-order valence-corrected chi connectivity index (χ4v) is 2.88. The Morgan fingerprint density at radius 3 is 2.61 bits per heavy atom. The number of aromatic nitrogens is 3. The van der Waals surface area contributed by atoms with Gasteiger partial charge in [0.15, 0.2) is 0 Å². The Labute approximate surface area is 135 Å². The Balaban J connectivity index is 2.03. The molecule has 0 N–H and O–H groups in total. The van der Waals surface area contributed by atoms with Crippen LogP contribution in [0.3, 0.4) is 0 Å². The topological polar surface area (TPSA) is 47.8 Å². The van der Waals surface area contributed by atoms with E-state index in [4.69, 9.17) is 0 Å². The molecule has 2 heterocycles. The minimum atomic E-state index is 0.00890.